The first kappa shape index (κ1) is 15.9. The molecule has 0 aromatic rings. The van der Waals surface area contributed by atoms with Crippen LogP contribution in [0.1, 0.15) is 40.0 Å². The van der Waals surface area contributed by atoms with Crippen LogP contribution in [0.15, 0.2) is 0 Å². The number of carbonyl (C=O) groups excluding carboxylic acids is 1. The van der Waals surface area contributed by atoms with Crippen LogP contribution >= 0.6 is 0 Å². The Morgan fingerprint density at radius 2 is 1.88 bits per heavy atom. The minimum Gasteiger partial charge on any atom is -0.481 e. The molecule has 0 saturated heterocycles. The first-order chi connectivity index (χ1) is 7.90. The summed E-state index contributed by atoms with van der Waals surface area (Å²) in [6, 6.07) is 0. The quantitative estimate of drug-likeness (QED) is 0.678. The van der Waals surface area contributed by atoms with E-state index in [2.05, 4.69) is 5.32 Å². The molecule has 0 aromatic heterocycles. The molecule has 0 aliphatic rings. The fourth-order valence-electron chi connectivity index (χ4n) is 1.72. The smallest absolute Gasteiger partial charge is 0.305 e. The zero-order valence-corrected chi connectivity index (χ0v) is 11.1. The largest absolute Gasteiger partial charge is 0.481 e. The molecule has 0 heterocycles. The molecule has 0 aliphatic carbocycles. The molecule has 5 nitrogen and oxygen atoms in total. The van der Waals surface area contributed by atoms with Crippen LogP contribution in [-0.4, -0.2) is 36.2 Å². The summed E-state index contributed by atoms with van der Waals surface area (Å²) < 4.78 is 4.91. The van der Waals surface area contributed by atoms with Crippen LogP contribution in [-0.2, 0) is 14.3 Å². The Bertz CT molecular complexity index is 261. The van der Waals surface area contributed by atoms with Gasteiger partial charge in [0.25, 0.3) is 0 Å². The Morgan fingerprint density at radius 1 is 1.35 bits per heavy atom. The minimum absolute atomic E-state index is 0.0502. The lowest BCUT2D eigenvalue weighted by Gasteiger charge is -2.32. The van der Waals surface area contributed by atoms with Crippen LogP contribution in [0.5, 0.6) is 0 Å². The van der Waals surface area contributed by atoms with Crippen molar-refractivity contribution < 1.29 is 19.4 Å². The Balaban J connectivity index is 4.63. The van der Waals surface area contributed by atoms with E-state index in [9.17, 15) is 9.59 Å². The highest BCUT2D eigenvalue weighted by Crippen LogP contribution is 2.20. The molecule has 0 radical (unpaired) electrons. The van der Waals surface area contributed by atoms with E-state index in [1.54, 1.807) is 6.92 Å². The van der Waals surface area contributed by atoms with E-state index in [1.807, 2.05) is 13.8 Å². The van der Waals surface area contributed by atoms with E-state index < -0.39 is 11.5 Å². The van der Waals surface area contributed by atoms with Crippen molar-refractivity contribution in [2.24, 2.45) is 5.92 Å². The van der Waals surface area contributed by atoms with Gasteiger partial charge in [0.15, 0.2) is 0 Å². The summed E-state index contributed by atoms with van der Waals surface area (Å²) in [6.07, 6.45) is 1.15. The number of carbonyl (C=O) groups is 2. The highest BCUT2D eigenvalue weighted by atomic mass is 16.5. The topological polar surface area (TPSA) is 75.6 Å². The summed E-state index contributed by atoms with van der Waals surface area (Å²) in [4.78, 5) is 22.7. The first-order valence-corrected chi connectivity index (χ1v) is 5.93. The zero-order valence-electron chi connectivity index (χ0n) is 11.1. The summed E-state index contributed by atoms with van der Waals surface area (Å²) >= 11 is 0. The van der Waals surface area contributed by atoms with Gasteiger partial charge in [0.2, 0.25) is 5.91 Å². The Kier molecular flexibility index (Phi) is 6.80. The van der Waals surface area contributed by atoms with Gasteiger partial charge in [-0.05, 0) is 12.8 Å². The Hall–Kier alpha value is -1.10. The molecule has 1 unspecified atom stereocenters. The lowest BCUT2D eigenvalue weighted by Crippen LogP contribution is -2.51. The fraction of sp³-hybridized carbons (Fsp3) is 0.833. The normalized spacial score (nSPS) is 13.2. The highest BCUT2D eigenvalue weighted by Gasteiger charge is 2.32. The summed E-state index contributed by atoms with van der Waals surface area (Å²) in [5.41, 5.74) is -0.648. The molecule has 0 aromatic carbocycles. The van der Waals surface area contributed by atoms with Gasteiger partial charge in [0, 0.05) is 12.6 Å². The van der Waals surface area contributed by atoms with Crippen LogP contribution in [0.4, 0.5) is 0 Å². The summed E-state index contributed by atoms with van der Waals surface area (Å²) in [5.74, 6) is -1.32. The van der Waals surface area contributed by atoms with Crippen molar-refractivity contribution in [2.45, 2.75) is 45.6 Å². The average Bonchev–Trinajstić information content (AvgIpc) is 2.27. The number of nitrogens with one attached hydrogen (secondary N) is 1. The van der Waals surface area contributed by atoms with Crippen molar-refractivity contribution in [3.63, 3.8) is 0 Å². The van der Waals surface area contributed by atoms with E-state index >= 15 is 0 Å². The minimum atomic E-state index is -0.895. The molecular weight excluding hydrogens is 222 g/mol. The predicted octanol–water partition coefficient (Wildman–Crippen LogP) is 1.42. The third-order valence-electron chi connectivity index (χ3n) is 3.10. The molecule has 0 spiro atoms. The van der Waals surface area contributed by atoms with Crippen LogP contribution in [0.25, 0.3) is 0 Å². The number of rotatable bonds is 8. The number of hydrogen-bond donors (Lipinski definition) is 2. The van der Waals surface area contributed by atoms with Gasteiger partial charge in [-0.3, -0.25) is 9.59 Å². The number of carboxylic acids is 1. The maximum absolute atomic E-state index is 11.9. The molecule has 0 bridgehead atoms. The van der Waals surface area contributed by atoms with Crippen molar-refractivity contribution in [1.82, 2.24) is 5.32 Å². The van der Waals surface area contributed by atoms with Crippen molar-refractivity contribution in [2.75, 3.05) is 13.7 Å². The molecule has 0 saturated carbocycles. The number of carboxylic acid groups (broad SMARTS) is 1. The SMILES string of the molecule is CCC(CC)(CC(=O)O)NC(=O)C(C)COC. The van der Waals surface area contributed by atoms with Crippen LogP contribution in [0.2, 0.25) is 0 Å². The molecule has 0 aliphatic heterocycles. The number of hydrogen-bond acceptors (Lipinski definition) is 3. The van der Waals surface area contributed by atoms with Crippen molar-refractivity contribution in [3.05, 3.63) is 0 Å². The van der Waals surface area contributed by atoms with E-state index in [0.717, 1.165) is 0 Å². The monoisotopic (exact) mass is 245 g/mol. The zero-order chi connectivity index (χ0) is 13.5. The van der Waals surface area contributed by atoms with Gasteiger partial charge in [-0.15, -0.1) is 0 Å². The summed E-state index contributed by atoms with van der Waals surface area (Å²) in [7, 11) is 1.54. The molecule has 1 atom stereocenters. The third kappa shape index (κ3) is 5.17. The van der Waals surface area contributed by atoms with Gasteiger partial charge < -0.3 is 15.2 Å². The van der Waals surface area contributed by atoms with E-state index in [1.165, 1.54) is 7.11 Å². The lowest BCUT2D eigenvalue weighted by atomic mass is 9.88. The Labute approximate surface area is 103 Å². The number of amides is 1. The summed E-state index contributed by atoms with van der Waals surface area (Å²) in [6.45, 7) is 5.86. The molecule has 100 valence electrons. The van der Waals surface area contributed by atoms with Gasteiger partial charge in [0.1, 0.15) is 0 Å². The third-order valence-corrected chi connectivity index (χ3v) is 3.10. The van der Waals surface area contributed by atoms with Crippen molar-refractivity contribution >= 4 is 11.9 Å². The molecule has 17 heavy (non-hydrogen) atoms. The molecule has 0 fully saturated rings. The van der Waals surface area contributed by atoms with E-state index in [4.69, 9.17) is 9.84 Å². The molecular formula is C12H23NO4. The van der Waals surface area contributed by atoms with Crippen molar-refractivity contribution in [3.8, 4) is 0 Å². The number of ether oxygens (including phenoxy) is 1. The molecule has 1 amide bonds. The van der Waals surface area contributed by atoms with Gasteiger partial charge in [0.05, 0.1) is 18.9 Å². The van der Waals surface area contributed by atoms with Crippen LogP contribution < -0.4 is 5.32 Å². The molecule has 2 N–H and O–H groups in total. The van der Waals surface area contributed by atoms with Gasteiger partial charge in [-0.1, -0.05) is 20.8 Å². The maximum Gasteiger partial charge on any atom is 0.305 e. The second-order valence-corrected chi connectivity index (χ2v) is 4.40. The standard InChI is InChI=1S/C12H23NO4/c1-5-12(6-2,7-10(14)15)13-11(16)9(3)8-17-4/h9H,5-8H2,1-4H3,(H,13,16)(H,14,15). The second-order valence-electron chi connectivity index (χ2n) is 4.40. The average molecular weight is 245 g/mol. The van der Waals surface area contributed by atoms with Gasteiger partial charge in [-0.25, -0.2) is 0 Å². The number of aliphatic carboxylic acids is 1. The van der Waals surface area contributed by atoms with Crippen molar-refractivity contribution in [1.29, 1.82) is 0 Å². The second kappa shape index (κ2) is 7.27. The predicted molar refractivity (Wildman–Crippen MR) is 64.7 cm³/mol. The van der Waals surface area contributed by atoms with Crippen LogP contribution in [0, 0.1) is 5.92 Å². The molecule has 0 rings (SSSR count). The lowest BCUT2D eigenvalue weighted by molar-refractivity contribution is -0.139. The van der Waals surface area contributed by atoms with Gasteiger partial charge in [-0.2, -0.15) is 0 Å². The first-order valence-electron chi connectivity index (χ1n) is 5.93. The highest BCUT2D eigenvalue weighted by molar-refractivity contribution is 5.80. The van der Waals surface area contributed by atoms with Gasteiger partial charge >= 0.3 is 5.97 Å². The van der Waals surface area contributed by atoms with E-state index in [0.29, 0.717) is 19.4 Å². The molecule has 5 heteroatoms. The summed E-state index contributed by atoms with van der Waals surface area (Å²) in [5, 5.41) is 11.7. The van der Waals surface area contributed by atoms with E-state index in [-0.39, 0.29) is 18.2 Å². The maximum atomic E-state index is 11.9. The Morgan fingerprint density at radius 3 is 2.24 bits per heavy atom. The number of methoxy groups -OCH3 is 1. The fourth-order valence-corrected chi connectivity index (χ4v) is 1.72. The van der Waals surface area contributed by atoms with Crippen LogP contribution in [0.3, 0.4) is 0 Å².